The number of hydrogen-bond acceptors (Lipinski definition) is 7. The SMILES string of the molecule is O=C(O)c1ccc(N2CCN(c3nc4ccccc4s3)CC2)nn1. The molecule has 122 valence electrons. The number of carboxylic acids is 1. The number of piperazine rings is 1. The molecule has 0 bridgehead atoms. The minimum Gasteiger partial charge on any atom is -0.476 e. The minimum atomic E-state index is -1.06. The Hall–Kier alpha value is -2.74. The molecule has 24 heavy (non-hydrogen) atoms. The second kappa shape index (κ2) is 6.04. The highest BCUT2D eigenvalue weighted by Crippen LogP contribution is 2.29. The van der Waals surface area contributed by atoms with E-state index in [9.17, 15) is 4.79 Å². The zero-order valence-electron chi connectivity index (χ0n) is 12.8. The van der Waals surface area contributed by atoms with Crippen LogP contribution in [-0.2, 0) is 0 Å². The lowest BCUT2D eigenvalue weighted by molar-refractivity contribution is 0.0689. The van der Waals surface area contributed by atoms with Gasteiger partial charge in [0.05, 0.1) is 10.2 Å². The van der Waals surface area contributed by atoms with E-state index in [1.165, 1.54) is 10.8 Å². The minimum absolute atomic E-state index is 0.0353. The molecule has 1 aliphatic heterocycles. The van der Waals surface area contributed by atoms with Crippen molar-refractivity contribution in [2.75, 3.05) is 36.0 Å². The van der Waals surface area contributed by atoms with E-state index in [0.717, 1.165) is 36.8 Å². The van der Waals surface area contributed by atoms with E-state index in [1.807, 2.05) is 18.2 Å². The van der Waals surface area contributed by atoms with E-state index < -0.39 is 5.97 Å². The van der Waals surface area contributed by atoms with Gasteiger partial charge >= 0.3 is 5.97 Å². The van der Waals surface area contributed by atoms with Crippen LogP contribution >= 0.6 is 11.3 Å². The molecular weight excluding hydrogens is 326 g/mol. The van der Waals surface area contributed by atoms with Crippen molar-refractivity contribution in [3.8, 4) is 0 Å². The Morgan fingerprint density at radius 1 is 1.00 bits per heavy atom. The molecule has 3 aromatic rings. The maximum absolute atomic E-state index is 10.8. The van der Waals surface area contributed by atoms with Crippen molar-refractivity contribution in [2.24, 2.45) is 0 Å². The van der Waals surface area contributed by atoms with E-state index in [-0.39, 0.29) is 5.69 Å². The quantitative estimate of drug-likeness (QED) is 0.781. The topological polar surface area (TPSA) is 82.5 Å². The normalized spacial score (nSPS) is 15.0. The fourth-order valence-electron chi connectivity index (χ4n) is 2.73. The van der Waals surface area contributed by atoms with Gasteiger partial charge in [0.2, 0.25) is 0 Å². The summed E-state index contributed by atoms with van der Waals surface area (Å²) in [6.07, 6.45) is 0. The van der Waals surface area contributed by atoms with Crippen LogP contribution < -0.4 is 9.80 Å². The van der Waals surface area contributed by atoms with Crippen molar-refractivity contribution < 1.29 is 9.90 Å². The van der Waals surface area contributed by atoms with Crippen LogP contribution in [-0.4, -0.2) is 52.4 Å². The summed E-state index contributed by atoms with van der Waals surface area (Å²) < 4.78 is 1.20. The maximum Gasteiger partial charge on any atom is 0.356 e. The predicted octanol–water partition coefficient (Wildman–Crippen LogP) is 2.11. The van der Waals surface area contributed by atoms with Gasteiger partial charge in [0.15, 0.2) is 16.6 Å². The number of hydrogen-bond donors (Lipinski definition) is 1. The summed E-state index contributed by atoms with van der Waals surface area (Å²) in [6.45, 7) is 3.30. The summed E-state index contributed by atoms with van der Waals surface area (Å²) in [5, 5.41) is 17.7. The van der Waals surface area contributed by atoms with Crippen molar-refractivity contribution in [3.63, 3.8) is 0 Å². The summed E-state index contributed by atoms with van der Waals surface area (Å²) in [6, 6.07) is 11.4. The van der Waals surface area contributed by atoms with E-state index in [0.29, 0.717) is 5.82 Å². The first-order valence-electron chi connectivity index (χ1n) is 7.63. The molecule has 0 saturated carbocycles. The van der Waals surface area contributed by atoms with Gasteiger partial charge in [0.25, 0.3) is 0 Å². The molecule has 0 amide bonds. The summed E-state index contributed by atoms with van der Waals surface area (Å²) >= 11 is 1.71. The second-order valence-corrected chi connectivity index (χ2v) is 6.53. The number of nitrogens with zero attached hydrogens (tertiary/aromatic N) is 5. The van der Waals surface area contributed by atoms with Crippen molar-refractivity contribution in [2.45, 2.75) is 0 Å². The van der Waals surface area contributed by atoms with Gasteiger partial charge in [-0.3, -0.25) is 0 Å². The van der Waals surface area contributed by atoms with Gasteiger partial charge in [-0.2, -0.15) is 0 Å². The number of aromatic nitrogens is 3. The van der Waals surface area contributed by atoms with Crippen molar-refractivity contribution in [3.05, 3.63) is 42.1 Å². The Kier molecular flexibility index (Phi) is 3.73. The molecule has 1 fully saturated rings. The van der Waals surface area contributed by atoms with Crippen LogP contribution in [0.25, 0.3) is 10.2 Å². The maximum atomic E-state index is 10.8. The number of benzene rings is 1. The van der Waals surface area contributed by atoms with Gasteiger partial charge in [0.1, 0.15) is 0 Å². The lowest BCUT2D eigenvalue weighted by Crippen LogP contribution is -2.46. The molecule has 1 aromatic carbocycles. The smallest absolute Gasteiger partial charge is 0.356 e. The van der Waals surface area contributed by atoms with Crippen LogP contribution in [0.5, 0.6) is 0 Å². The molecule has 4 rings (SSSR count). The Labute approximate surface area is 142 Å². The van der Waals surface area contributed by atoms with Crippen LogP contribution in [0.1, 0.15) is 10.5 Å². The van der Waals surface area contributed by atoms with Crippen LogP contribution in [0, 0.1) is 0 Å². The average Bonchev–Trinajstić information content (AvgIpc) is 3.06. The number of para-hydroxylation sites is 1. The third kappa shape index (κ3) is 2.76. The molecule has 0 spiro atoms. The third-order valence-electron chi connectivity index (χ3n) is 4.03. The lowest BCUT2D eigenvalue weighted by Gasteiger charge is -2.34. The van der Waals surface area contributed by atoms with Crippen LogP contribution in [0.2, 0.25) is 0 Å². The van der Waals surface area contributed by atoms with Gasteiger partial charge < -0.3 is 14.9 Å². The van der Waals surface area contributed by atoms with Crippen molar-refractivity contribution >= 4 is 38.5 Å². The molecular formula is C16H15N5O2S. The molecule has 3 heterocycles. The van der Waals surface area contributed by atoms with Crippen molar-refractivity contribution in [1.29, 1.82) is 0 Å². The van der Waals surface area contributed by atoms with E-state index in [2.05, 4.69) is 26.1 Å². The number of thiazole rings is 1. The summed E-state index contributed by atoms with van der Waals surface area (Å²) in [7, 11) is 0. The molecule has 7 nitrogen and oxygen atoms in total. The molecule has 1 aliphatic rings. The van der Waals surface area contributed by atoms with Gasteiger partial charge in [-0.05, 0) is 24.3 Å². The number of carbonyl (C=O) groups is 1. The predicted molar refractivity (Wildman–Crippen MR) is 93.0 cm³/mol. The highest BCUT2D eigenvalue weighted by molar-refractivity contribution is 7.22. The molecule has 1 N–H and O–H groups in total. The third-order valence-corrected chi connectivity index (χ3v) is 5.12. The summed E-state index contributed by atoms with van der Waals surface area (Å²) in [5.74, 6) is -0.348. The number of rotatable bonds is 3. The molecule has 0 aliphatic carbocycles. The zero-order chi connectivity index (χ0) is 16.5. The Balaban J connectivity index is 1.45. The first-order valence-corrected chi connectivity index (χ1v) is 8.45. The second-order valence-electron chi connectivity index (χ2n) is 5.52. The summed E-state index contributed by atoms with van der Waals surface area (Å²) in [5.41, 5.74) is 1.00. The van der Waals surface area contributed by atoms with Gasteiger partial charge in [-0.15, -0.1) is 10.2 Å². The van der Waals surface area contributed by atoms with Crippen LogP contribution in [0.3, 0.4) is 0 Å². The molecule has 8 heteroatoms. The Bertz CT molecular complexity index is 839. The molecule has 0 unspecified atom stereocenters. The largest absolute Gasteiger partial charge is 0.476 e. The fraction of sp³-hybridized carbons (Fsp3) is 0.250. The first-order chi connectivity index (χ1) is 11.7. The van der Waals surface area contributed by atoms with Crippen LogP contribution in [0.4, 0.5) is 10.9 Å². The van der Waals surface area contributed by atoms with Crippen LogP contribution in [0.15, 0.2) is 36.4 Å². The van der Waals surface area contributed by atoms with Crippen molar-refractivity contribution in [1.82, 2.24) is 15.2 Å². The number of anilines is 2. The Morgan fingerprint density at radius 2 is 1.75 bits per heavy atom. The highest BCUT2D eigenvalue weighted by atomic mass is 32.1. The fourth-order valence-corrected chi connectivity index (χ4v) is 3.75. The standard InChI is InChI=1S/C16H15N5O2S/c22-15(23)12-5-6-14(19-18-12)20-7-9-21(10-8-20)16-17-11-3-1-2-4-13(11)24-16/h1-6H,7-10H2,(H,22,23). The molecule has 1 saturated heterocycles. The Morgan fingerprint density at radius 3 is 2.42 bits per heavy atom. The number of carboxylic acid groups (broad SMARTS) is 1. The number of fused-ring (bicyclic) bond motifs is 1. The molecule has 2 aromatic heterocycles. The zero-order valence-corrected chi connectivity index (χ0v) is 13.6. The van der Waals surface area contributed by atoms with Gasteiger partial charge in [-0.1, -0.05) is 23.5 Å². The van der Waals surface area contributed by atoms with E-state index in [1.54, 1.807) is 17.4 Å². The van der Waals surface area contributed by atoms with E-state index in [4.69, 9.17) is 10.1 Å². The highest BCUT2D eigenvalue weighted by Gasteiger charge is 2.21. The number of aromatic carboxylic acids is 1. The monoisotopic (exact) mass is 341 g/mol. The average molecular weight is 341 g/mol. The van der Waals surface area contributed by atoms with Gasteiger partial charge in [0, 0.05) is 26.2 Å². The first kappa shape index (κ1) is 14.8. The molecule has 0 radical (unpaired) electrons. The lowest BCUT2D eigenvalue weighted by atomic mass is 10.3. The van der Waals surface area contributed by atoms with Gasteiger partial charge in [-0.25, -0.2) is 9.78 Å². The summed E-state index contributed by atoms with van der Waals surface area (Å²) in [4.78, 5) is 19.9. The van der Waals surface area contributed by atoms with E-state index >= 15 is 0 Å². The molecule has 0 atom stereocenters.